The predicted octanol–water partition coefficient (Wildman–Crippen LogP) is 2.00. The molecule has 1 N–H and O–H groups in total. The fraction of sp³-hybridized carbons (Fsp3) is 0.875. The largest absolute Gasteiger partial charge is 0.385 e. The van der Waals surface area contributed by atoms with E-state index < -0.39 is 0 Å². The quantitative estimate of drug-likeness (QED) is 0.379. The van der Waals surface area contributed by atoms with Crippen molar-refractivity contribution in [2.24, 2.45) is 0 Å². The van der Waals surface area contributed by atoms with E-state index in [0.717, 1.165) is 26.0 Å². The van der Waals surface area contributed by atoms with Crippen LogP contribution in [0.3, 0.4) is 0 Å². The average Bonchev–Trinajstić information content (AvgIpc) is 2.02. The summed E-state index contributed by atoms with van der Waals surface area (Å²) < 4.78 is 5.53. The van der Waals surface area contributed by atoms with Crippen molar-refractivity contribution in [1.29, 1.82) is 0 Å². The SMILES string of the molecule is COCCCCCCNC(=S)S. The first kappa shape index (κ1) is 12.2. The molecule has 72 valence electrons. The summed E-state index contributed by atoms with van der Waals surface area (Å²) in [6.07, 6.45) is 4.77. The lowest BCUT2D eigenvalue weighted by Crippen LogP contribution is -2.17. The van der Waals surface area contributed by atoms with Gasteiger partial charge in [0.05, 0.1) is 0 Å². The summed E-state index contributed by atoms with van der Waals surface area (Å²) in [5.41, 5.74) is 0. The number of rotatable bonds is 7. The highest BCUT2D eigenvalue weighted by atomic mass is 32.1. The molecule has 2 nitrogen and oxygen atoms in total. The minimum atomic E-state index is 0.590. The maximum atomic E-state index is 4.94. The van der Waals surface area contributed by atoms with Gasteiger partial charge in [-0.05, 0) is 12.8 Å². The van der Waals surface area contributed by atoms with Gasteiger partial charge in [0.25, 0.3) is 0 Å². The molecule has 0 saturated carbocycles. The molecule has 4 heteroatoms. The zero-order chi connectivity index (χ0) is 9.23. The van der Waals surface area contributed by atoms with Crippen LogP contribution in [0.1, 0.15) is 25.7 Å². The van der Waals surface area contributed by atoms with Crippen molar-refractivity contribution in [3.05, 3.63) is 0 Å². The molecule has 0 radical (unpaired) electrons. The van der Waals surface area contributed by atoms with Gasteiger partial charge in [-0.1, -0.05) is 25.1 Å². The molecule has 0 bridgehead atoms. The lowest BCUT2D eigenvalue weighted by Gasteiger charge is -2.02. The van der Waals surface area contributed by atoms with Crippen LogP contribution in [0.15, 0.2) is 0 Å². The Labute approximate surface area is 85.5 Å². The highest BCUT2D eigenvalue weighted by Gasteiger charge is 1.90. The van der Waals surface area contributed by atoms with Gasteiger partial charge in [-0.15, -0.1) is 12.6 Å². The van der Waals surface area contributed by atoms with Crippen molar-refractivity contribution in [3.63, 3.8) is 0 Å². The molecule has 0 rings (SSSR count). The maximum Gasteiger partial charge on any atom is 0.130 e. The monoisotopic (exact) mass is 207 g/mol. The normalized spacial score (nSPS) is 9.83. The van der Waals surface area contributed by atoms with E-state index in [-0.39, 0.29) is 0 Å². The second-order valence-electron chi connectivity index (χ2n) is 2.64. The molecule has 0 aliphatic carbocycles. The van der Waals surface area contributed by atoms with Gasteiger partial charge in [0, 0.05) is 20.3 Å². The Bertz CT molecular complexity index is 120. The molecule has 0 fully saturated rings. The summed E-state index contributed by atoms with van der Waals surface area (Å²) in [5.74, 6) is 0. The topological polar surface area (TPSA) is 21.3 Å². The number of unbranched alkanes of at least 4 members (excludes halogenated alkanes) is 3. The van der Waals surface area contributed by atoms with Crippen molar-refractivity contribution < 1.29 is 4.74 Å². The molecular weight excluding hydrogens is 190 g/mol. The Kier molecular flexibility index (Phi) is 9.44. The number of nitrogens with one attached hydrogen (secondary N) is 1. The fourth-order valence-corrected chi connectivity index (χ4v) is 1.13. The number of hydrogen-bond acceptors (Lipinski definition) is 2. The van der Waals surface area contributed by atoms with Crippen LogP contribution in [-0.2, 0) is 4.74 Å². The lowest BCUT2D eigenvalue weighted by atomic mass is 10.2. The highest BCUT2D eigenvalue weighted by molar-refractivity contribution is 8.11. The summed E-state index contributed by atoms with van der Waals surface area (Å²) in [4.78, 5) is 0. The highest BCUT2D eigenvalue weighted by Crippen LogP contribution is 1.98. The van der Waals surface area contributed by atoms with Crippen molar-refractivity contribution in [2.45, 2.75) is 25.7 Å². The van der Waals surface area contributed by atoms with E-state index in [9.17, 15) is 0 Å². The van der Waals surface area contributed by atoms with Crippen LogP contribution in [0.25, 0.3) is 0 Å². The number of methoxy groups -OCH3 is 1. The third-order valence-electron chi connectivity index (χ3n) is 1.55. The van der Waals surface area contributed by atoms with Crippen molar-refractivity contribution in [3.8, 4) is 0 Å². The molecule has 0 atom stereocenters. The van der Waals surface area contributed by atoms with Gasteiger partial charge >= 0.3 is 0 Å². The molecular formula is C8H17NOS2. The van der Waals surface area contributed by atoms with Crippen molar-refractivity contribution in [2.75, 3.05) is 20.3 Å². The Balaban J connectivity index is 2.86. The van der Waals surface area contributed by atoms with Crippen LogP contribution < -0.4 is 5.32 Å². The number of ether oxygens (including phenoxy) is 1. The standard InChI is InChI=1S/C8H17NOS2/c1-10-7-5-3-2-4-6-9-8(11)12/h2-7H2,1H3,(H2,9,11,12). The molecule has 0 saturated heterocycles. The third kappa shape index (κ3) is 10.2. The molecule has 12 heavy (non-hydrogen) atoms. The Morgan fingerprint density at radius 1 is 1.33 bits per heavy atom. The van der Waals surface area contributed by atoms with Crippen LogP contribution in [0, 0.1) is 0 Å². The van der Waals surface area contributed by atoms with Crippen LogP contribution >= 0.6 is 24.8 Å². The van der Waals surface area contributed by atoms with Gasteiger partial charge in [-0.2, -0.15) is 0 Å². The minimum Gasteiger partial charge on any atom is -0.385 e. The summed E-state index contributed by atoms with van der Waals surface area (Å²) >= 11 is 8.71. The molecule has 0 heterocycles. The smallest absolute Gasteiger partial charge is 0.130 e. The zero-order valence-electron chi connectivity index (χ0n) is 7.51. The number of thiol groups is 1. The Morgan fingerprint density at radius 2 is 2.00 bits per heavy atom. The first-order chi connectivity index (χ1) is 5.77. The van der Waals surface area contributed by atoms with E-state index in [1.165, 1.54) is 12.8 Å². The molecule has 0 aliphatic rings. The summed E-state index contributed by atoms with van der Waals surface area (Å²) in [6, 6.07) is 0. The van der Waals surface area contributed by atoms with Gasteiger partial charge in [0.2, 0.25) is 0 Å². The van der Waals surface area contributed by atoms with Crippen LogP contribution in [0.4, 0.5) is 0 Å². The second-order valence-corrected chi connectivity index (χ2v) is 3.80. The van der Waals surface area contributed by atoms with Gasteiger partial charge < -0.3 is 10.1 Å². The Morgan fingerprint density at radius 3 is 2.58 bits per heavy atom. The lowest BCUT2D eigenvalue weighted by molar-refractivity contribution is 0.192. The molecule has 0 spiro atoms. The average molecular weight is 207 g/mol. The van der Waals surface area contributed by atoms with Gasteiger partial charge in [0.15, 0.2) is 0 Å². The molecule has 0 aromatic carbocycles. The summed E-state index contributed by atoms with van der Waals surface area (Å²) in [5, 5.41) is 3.00. The van der Waals surface area contributed by atoms with Gasteiger partial charge in [-0.3, -0.25) is 0 Å². The van der Waals surface area contributed by atoms with Crippen LogP contribution in [0.2, 0.25) is 0 Å². The first-order valence-corrected chi connectivity index (χ1v) is 5.08. The van der Waals surface area contributed by atoms with Crippen molar-refractivity contribution >= 4 is 29.2 Å². The molecule has 0 aromatic rings. The van der Waals surface area contributed by atoms with E-state index in [1.54, 1.807) is 7.11 Å². The first-order valence-electron chi connectivity index (χ1n) is 4.23. The number of thiocarbonyl (C=S) groups is 1. The minimum absolute atomic E-state index is 0.590. The van der Waals surface area contributed by atoms with Gasteiger partial charge in [-0.25, -0.2) is 0 Å². The van der Waals surface area contributed by atoms with E-state index >= 15 is 0 Å². The predicted molar refractivity (Wildman–Crippen MR) is 59.9 cm³/mol. The number of hydrogen-bond donors (Lipinski definition) is 2. The van der Waals surface area contributed by atoms with E-state index in [2.05, 4.69) is 17.9 Å². The second kappa shape index (κ2) is 9.29. The molecule has 0 amide bonds. The molecule has 0 unspecified atom stereocenters. The van der Waals surface area contributed by atoms with Crippen LogP contribution in [0.5, 0.6) is 0 Å². The summed E-state index contributed by atoms with van der Waals surface area (Å²) in [6.45, 7) is 1.81. The summed E-state index contributed by atoms with van der Waals surface area (Å²) in [7, 11) is 1.74. The van der Waals surface area contributed by atoms with Crippen LogP contribution in [-0.4, -0.2) is 24.6 Å². The van der Waals surface area contributed by atoms with Gasteiger partial charge in [0.1, 0.15) is 4.32 Å². The molecule has 0 aromatic heterocycles. The van der Waals surface area contributed by atoms with Crippen molar-refractivity contribution in [1.82, 2.24) is 5.32 Å². The van der Waals surface area contributed by atoms with E-state index in [1.807, 2.05) is 0 Å². The Hall–Kier alpha value is 0.200. The third-order valence-corrected chi connectivity index (χ3v) is 1.85. The zero-order valence-corrected chi connectivity index (χ0v) is 9.22. The maximum absolute atomic E-state index is 4.94. The van der Waals surface area contributed by atoms with E-state index in [0.29, 0.717) is 4.32 Å². The van der Waals surface area contributed by atoms with E-state index in [4.69, 9.17) is 17.0 Å². The molecule has 0 aliphatic heterocycles. The fourth-order valence-electron chi connectivity index (χ4n) is 0.920.